The van der Waals surface area contributed by atoms with Gasteiger partial charge in [0.2, 0.25) is 0 Å². The number of nitrogens with one attached hydrogen (secondary N) is 1. The van der Waals surface area contributed by atoms with Gasteiger partial charge in [0.15, 0.2) is 5.75 Å². The molecule has 0 unspecified atom stereocenters. The van der Waals surface area contributed by atoms with Gasteiger partial charge in [-0.15, -0.1) is 11.6 Å². The maximum absolute atomic E-state index is 12.1. The van der Waals surface area contributed by atoms with Gasteiger partial charge >= 0.3 is 5.69 Å². The lowest BCUT2D eigenvalue weighted by Crippen LogP contribution is -2.43. The Morgan fingerprint density at radius 2 is 2.15 bits per heavy atom. The van der Waals surface area contributed by atoms with Gasteiger partial charge in [0, 0.05) is 29.1 Å². The van der Waals surface area contributed by atoms with E-state index in [1.54, 1.807) is 0 Å². The Hall–Kier alpha value is -1.82. The van der Waals surface area contributed by atoms with E-state index in [9.17, 15) is 14.9 Å². The molecule has 0 heterocycles. The Kier molecular flexibility index (Phi) is 5.33. The van der Waals surface area contributed by atoms with E-state index in [-0.39, 0.29) is 17.3 Å². The summed E-state index contributed by atoms with van der Waals surface area (Å²) in [6.45, 7) is 3.71. The van der Waals surface area contributed by atoms with E-state index in [0.29, 0.717) is 17.9 Å². The molecule has 20 heavy (non-hydrogen) atoms. The van der Waals surface area contributed by atoms with Crippen LogP contribution in [0.15, 0.2) is 18.2 Å². The average Bonchev–Trinajstić information content (AvgIpc) is 2.36. The predicted octanol–water partition coefficient (Wildman–Crippen LogP) is 2.74. The standard InChI is InChI=1S/C13H17ClN2O4/c1-13(2,6-7-14)15-12(17)9-4-5-10(16(18)19)11(8-9)20-3/h4-5,8H,6-7H2,1-3H3,(H,15,17). The lowest BCUT2D eigenvalue weighted by Gasteiger charge is -2.25. The molecule has 0 bridgehead atoms. The zero-order valence-electron chi connectivity index (χ0n) is 11.6. The van der Waals surface area contributed by atoms with Crippen molar-refractivity contribution < 1.29 is 14.5 Å². The number of carbonyl (C=O) groups is 1. The number of methoxy groups -OCH3 is 1. The first-order valence-electron chi connectivity index (χ1n) is 6.01. The van der Waals surface area contributed by atoms with Crippen LogP contribution in [-0.2, 0) is 0 Å². The van der Waals surface area contributed by atoms with Crippen molar-refractivity contribution in [3.8, 4) is 5.75 Å². The average molecular weight is 301 g/mol. The second-order valence-electron chi connectivity index (χ2n) is 4.92. The van der Waals surface area contributed by atoms with Gasteiger partial charge < -0.3 is 10.1 Å². The van der Waals surface area contributed by atoms with Gasteiger partial charge in [0.05, 0.1) is 12.0 Å². The van der Waals surface area contributed by atoms with Crippen LogP contribution >= 0.6 is 11.6 Å². The van der Waals surface area contributed by atoms with Crippen molar-refractivity contribution in [1.82, 2.24) is 5.32 Å². The fourth-order valence-corrected chi connectivity index (χ4v) is 2.12. The molecule has 0 aliphatic heterocycles. The highest BCUT2D eigenvalue weighted by molar-refractivity contribution is 6.17. The molecule has 1 amide bonds. The molecule has 1 rings (SSSR count). The van der Waals surface area contributed by atoms with Gasteiger partial charge in [0.25, 0.3) is 5.91 Å². The summed E-state index contributed by atoms with van der Waals surface area (Å²) in [6.07, 6.45) is 0.615. The molecule has 0 aromatic heterocycles. The molecule has 0 spiro atoms. The number of alkyl halides is 1. The van der Waals surface area contributed by atoms with E-state index in [1.807, 2.05) is 13.8 Å². The number of nitro groups is 1. The van der Waals surface area contributed by atoms with Crippen LogP contribution in [0.1, 0.15) is 30.6 Å². The minimum absolute atomic E-state index is 0.0535. The second kappa shape index (κ2) is 6.56. The number of nitro benzene ring substituents is 1. The molecule has 110 valence electrons. The fourth-order valence-electron chi connectivity index (χ4n) is 1.65. The summed E-state index contributed by atoms with van der Waals surface area (Å²) in [5.41, 5.74) is -0.326. The van der Waals surface area contributed by atoms with Gasteiger partial charge in [-0.25, -0.2) is 0 Å². The largest absolute Gasteiger partial charge is 0.490 e. The number of hydrogen-bond acceptors (Lipinski definition) is 4. The first-order valence-corrected chi connectivity index (χ1v) is 6.55. The maximum atomic E-state index is 12.1. The molecular formula is C13H17ClN2O4. The number of rotatable bonds is 6. The predicted molar refractivity (Wildman–Crippen MR) is 76.5 cm³/mol. The van der Waals surface area contributed by atoms with Crippen LogP contribution < -0.4 is 10.1 Å². The summed E-state index contributed by atoms with van der Waals surface area (Å²) in [4.78, 5) is 22.3. The highest BCUT2D eigenvalue weighted by atomic mass is 35.5. The number of hydrogen-bond donors (Lipinski definition) is 1. The molecule has 1 aromatic rings. The fraction of sp³-hybridized carbons (Fsp3) is 0.462. The normalized spacial score (nSPS) is 11.0. The molecule has 0 saturated carbocycles. The van der Waals surface area contributed by atoms with E-state index in [0.717, 1.165) is 0 Å². The first-order chi connectivity index (χ1) is 9.30. The number of halogens is 1. The molecule has 0 radical (unpaired) electrons. The third-order valence-electron chi connectivity index (χ3n) is 2.81. The van der Waals surface area contributed by atoms with Gasteiger partial charge in [0.1, 0.15) is 0 Å². The van der Waals surface area contributed by atoms with E-state index in [2.05, 4.69) is 5.32 Å². The summed E-state index contributed by atoms with van der Waals surface area (Å²) < 4.78 is 4.93. The van der Waals surface area contributed by atoms with E-state index < -0.39 is 10.5 Å². The molecule has 1 N–H and O–H groups in total. The number of ether oxygens (including phenoxy) is 1. The highest BCUT2D eigenvalue weighted by Crippen LogP contribution is 2.27. The summed E-state index contributed by atoms with van der Waals surface area (Å²) >= 11 is 5.67. The van der Waals surface area contributed by atoms with Crippen molar-refractivity contribution in [1.29, 1.82) is 0 Å². The summed E-state index contributed by atoms with van der Waals surface area (Å²) in [5, 5.41) is 13.6. The van der Waals surface area contributed by atoms with Crippen LogP contribution in [0, 0.1) is 10.1 Å². The van der Waals surface area contributed by atoms with Crippen molar-refractivity contribution in [2.24, 2.45) is 0 Å². The lowest BCUT2D eigenvalue weighted by atomic mass is 10.0. The monoisotopic (exact) mass is 300 g/mol. The van der Waals surface area contributed by atoms with Crippen molar-refractivity contribution in [2.45, 2.75) is 25.8 Å². The molecule has 0 aliphatic rings. The molecule has 7 heteroatoms. The smallest absolute Gasteiger partial charge is 0.310 e. The summed E-state index contributed by atoms with van der Waals surface area (Å²) in [5.74, 6) is 0.155. The van der Waals surface area contributed by atoms with Crippen LogP contribution in [0.4, 0.5) is 5.69 Å². The minimum atomic E-state index is -0.558. The Balaban J connectivity index is 2.97. The van der Waals surface area contributed by atoms with Gasteiger partial charge in [-0.2, -0.15) is 0 Å². The topological polar surface area (TPSA) is 81.5 Å². The highest BCUT2D eigenvalue weighted by Gasteiger charge is 2.22. The summed E-state index contributed by atoms with van der Waals surface area (Å²) in [6, 6.07) is 4.00. The number of benzene rings is 1. The zero-order valence-corrected chi connectivity index (χ0v) is 12.4. The van der Waals surface area contributed by atoms with Crippen LogP contribution in [0.3, 0.4) is 0 Å². The maximum Gasteiger partial charge on any atom is 0.310 e. The zero-order chi connectivity index (χ0) is 15.3. The van der Waals surface area contributed by atoms with Crippen LogP contribution in [0.5, 0.6) is 5.75 Å². The van der Waals surface area contributed by atoms with Crippen LogP contribution in [-0.4, -0.2) is 29.4 Å². The quantitative estimate of drug-likeness (QED) is 0.497. The van der Waals surface area contributed by atoms with Crippen molar-refractivity contribution >= 4 is 23.2 Å². The Bertz CT molecular complexity index is 517. The Labute approximate surface area is 122 Å². The van der Waals surface area contributed by atoms with Gasteiger partial charge in [-0.1, -0.05) is 0 Å². The number of amides is 1. The molecule has 0 aliphatic carbocycles. The molecule has 0 fully saturated rings. The Morgan fingerprint density at radius 1 is 1.50 bits per heavy atom. The van der Waals surface area contributed by atoms with Crippen molar-refractivity contribution in [2.75, 3.05) is 13.0 Å². The molecule has 1 aromatic carbocycles. The van der Waals surface area contributed by atoms with Crippen LogP contribution in [0.2, 0.25) is 0 Å². The van der Waals surface area contributed by atoms with Crippen molar-refractivity contribution in [3.05, 3.63) is 33.9 Å². The first kappa shape index (κ1) is 16.2. The molecule has 0 saturated heterocycles. The molecule has 6 nitrogen and oxygen atoms in total. The lowest BCUT2D eigenvalue weighted by molar-refractivity contribution is -0.385. The SMILES string of the molecule is COc1cc(C(=O)NC(C)(C)CCCl)ccc1[N+](=O)[O-]. The van der Waals surface area contributed by atoms with E-state index in [1.165, 1.54) is 25.3 Å². The Morgan fingerprint density at radius 3 is 2.65 bits per heavy atom. The third kappa shape index (κ3) is 4.09. The van der Waals surface area contributed by atoms with Crippen LogP contribution in [0.25, 0.3) is 0 Å². The minimum Gasteiger partial charge on any atom is -0.490 e. The van der Waals surface area contributed by atoms with E-state index in [4.69, 9.17) is 16.3 Å². The number of carbonyl (C=O) groups excluding carboxylic acids is 1. The number of nitrogens with zero attached hydrogens (tertiary/aromatic N) is 1. The van der Waals surface area contributed by atoms with E-state index >= 15 is 0 Å². The van der Waals surface area contributed by atoms with Crippen molar-refractivity contribution in [3.63, 3.8) is 0 Å². The molecule has 0 atom stereocenters. The van der Waals surface area contributed by atoms with Gasteiger partial charge in [-0.05, 0) is 26.3 Å². The third-order valence-corrected chi connectivity index (χ3v) is 3.00. The second-order valence-corrected chi connectivity index (χ2v) is 5.30. The summed E-state index contributed by atoms with van der Waals surface area (Å²) in [7, 11) is 1.32. The van der Waals surface area contributed by atoms with Gasteiger partial charge in [-0.3, -0.25) is 14.9 Å². The molecular weight excluding hydrogens is 284 g/mol.